The lowest BCUT2D eigenvalue weighted by Gasteiger charge is -2.09. The van der Waals surface area contributed by atoms with E-state index >= 15 is 0 Å². The van der Waals surface area contributed by atoms with E-state index in [1.165, 1.54) is 11.7 Å². The SMILES string of the molecule is CCc1nnc(-n2ccc(C(=O)NC)n2)c(C#N)c1CC. The Morgan fingerprint density at radius 2 is 2.14 bits per heavy atom. The first kappa shape index (κ1) is 14.7. The summed E-state index contributed by atoms with van der Waals surface area (Å²) in [6.45, 7) is 3.95. The lowest BCUT2D eigenvalue weighted by Crippen LogP contribution is -2.19. The van der Waals surface area contributed by atoms with Crippen LogP contribution in [0.25, 0.3) is 5.82 Å². The fourth-order valence-corrected chi connectivity index (χ4v) is 2.13. The van der Waals surface area contributed by atoms with Crippen LogP contribution >= 0.6 is 0 Å². The molecule has 0 aromatic carbocycles. The van der Waals surface area contributed by atoms with Gasteiger partial charge in [0.05, 0.1) is 5.69 Å². The first-order chi connectivity index (χ1) is 10.2. The van der Waals surface area contributed by atoms with Crippen molar-refractivity contribution in [2.75, 3.05) is 7.05 Å². The summed E-state index contributed by atoms with van der Waals surface area (Å²) in [5.41, 5.74) is 2.41. The smallest absolute Gasteiger partial charge is 0.271 e. The van der Waals surface area contributed by atoms with E-state index in [1.54, 1.807) is 12.3 Å². The number of carbonyl (C=O) groups is 1. The molecule has 2 rings (SSSR count). The van der Waals surface area contributed by atoms with Gasteiger partial charge in [0.25, 0.3) is 5.91 Å². The van der Waals surface area contributed by atoms with Crippen LogP contribution < -0.4 is 5.32 Å². The molecule has 21 heavy (non-hydrogen) atoms. The molecule has 0 bridgehead atoms. The highest BCUT2D eigenvalue weighted by atomic mass is 16.1. The summed E-state index contributed by atoms with van der Waals surface area (Å²) in [6, 6.07) is 3.75. The van der Waals surface area contributed by atoms with Crippen LogP contribution in [-0.2, 0) is 12.8 Å². The van der Waals surface area contributed by atoms with E-state index in [0.717, 1.165) is 11.3 Å². The topological polar surface area (TPSA) is 96.5 Å². The predicted octanol–water partition coefficient (Wildman–Crippen LogP) is 1.02. The molecule has 0 radical (unpaired) electrons. The van der Waals surface area contributed by atoms with Gasteiger partial charge in [0, 0.05) is 13.2 Å². The average molecular weight is 284 g/mol. The Bertz CT molecular complexity index is 713. The second-order valence-corrected chi connectivity index (χ2v) is 4.37. The number of aryl methyl sites for hydroxylation is 1. The van der Waals surface area contributed by atoms with Crippen molar-refractivity contribution in [1.82, 2.24) is 25.3 Å². The molecular weight excluding hydrogens is 268 g/mol. The number of nitrogens with zero attached hydrogens (tertiary/aromatic N) is 5. The van der Waals surface area contributed by atoms with E-state index < -0.39 is 0 Å². The predicted molar refractivity (Wildman–Crippen MR) is 76.0 cm³/mol. The molecular formula is C14H16N6O. The van der Waals surface area contributed by atoms with Gasteiger partial charge in [0.1, 0.15) is 11.6 Å². The first-order valence-corrected chi connectivity index (χ1v) is 6.72. The van der Waals surface area contributed by atoms with Crippen molar-refractivity contribution in [3.63, 3.8) is 0 Å². The number of hydrogen-bond donors (Lipinski definition) is 1. The van der Waals surface area contributed by atoms with Crippen LogP contribution in [0, 0.1) is 11.3 Å². The second-order valence-electron chi connectivity index (χ2n) is 4.37. The highest BCUT2D eigenvalue weighted by Gasteiger charge is 2.17. The largest absolute Gasteiger partial charge is 0.354 e. The number of nitriles is 1. The van der Waals surface area contributed by atoms with Gasteiger partial charge in [0.15, 0.2) is 11.5 Å². The minimum Gasteiger partial charge on any atom is -0.354 e. The van der Waals surface area contributed by atoms with Crippen molar-refractivity contribution in [3.05, 3.63) is 34.8 Å². The molecule has 7 heteroatoms. The number of nitrogens with one attached hydrogen (secondary N) is 1. The Kier molecular flexibility index (Phi) is 4.28. The molecule has 0 atom stereocenters. The van der Waals surface area contributed by atoms with Gasteiger partial charge in [-0.3, -0.25) is 4.79 Å². The van der Waals surface area contributed by atoms with Crippen molar-refractivity contribution in [2.24, 2.45) is 0 Å². The van der Waals surface area contributed by atoms with Gasteiger partial charge in [0.2, 0.25) is 0 Å². The van der Waals surface area contributed by atoms with Crippen molar-refractivity contribution in [3.8, 4) is 11.9 Å². The minimum atomic E-state index is -0.291. The highest BCUT2D eigenvalue weighted by molar-refractivity contribution is 5.91. The molecule has 108 valence electrons. The first-order valence-electron chi connectivity index (χ1n) is 6.72. The number of hydrogen-bond acceptors (Lipinski definition) is 5. The van der Waals surface area contributed by atoms with Crippen LogP contribution in [-0.4, -0.2) is 32.9 Å². The third-order valence-corrected chi connectivity index (χ3v) is 3.21. The molecule has 0 aliphatic heterocycles. The summed E-state index contributed by atoms with van der Waals surface area (Å²) >= 11 is 0. The molecule has 0 fully saturated rings. The van der Waals surface area contributed by atoms with E-state index in [-0.39, 0.29) is 11.6 Å². The van der Waals surface area contributed by atoms with Crippen molar-refractivity contribution in [1.29, 1.82) is 5.26 Å². The zero-order valence-electron chi connectivity index (χ0n) is 12.2. The highest BCUT2D eigenvalue weighted by Crippen LogP contribution is 2.19. The monoisotopic (exact) mass is 284 g/mol. The summed E-state index contributed by atoms with van der Waals surface area (Å²) in [5.74, 6) is 0.0582. The van der Waals surface area contributed by atoms with Gasteiger partial charge in [-0.15, -0.1) is 5.10 Å². The average Bonchev–Trinajstić information content (AvgIpc) is 3.02. The molecule has 0 spiro atoms. The van der Waals surface area contributed by atoms with Crippen LogP contribution in [0.2, 0.25) is 0 Å². The van der Waals surface area contributed by atoms with E-state index in [1.807, 2.05) is 13.8 Å². The van der Waals surface area contributed by atoms with E-state index in [2.05, 4.69) is 26.7 Å². The van der Waals surface area contributed by atoms with Crippen molar-refractivity contribution >= 4 is 5.91 Å². The van der Waals surface area contributed by atoms with Gasteiger partial charge in [-0.1, -0.05) is 13.8 Å². The van der Waals surface area contributed by atoms with Crippen LogP contribution in [0.5, 0.6) is 0 Å². The fourth-order valence-electron chi connectivity index (χ4n) is 2.13. The Balaban J connectivity index is 2.57. The quantitative estimate of drug-likeness (QED) is 0.904. The lowest BCUT2D eigenvalue weighted by atomic mass is 10.0. The van der Waals surface area contributed by atoms with Crippen LogP contribution in [0.3, 0.4) is 0 Å². The van der Waals surface area contributed by atoms with Crippen molar-refractivity contribution in [2.45, 2.75) is 26.7 Å². The molecule has 2 heterocycles. The maximum atomic E-state index is 11.5. The van der Waals surface area contributed by atoms with Gasteiger partial charge in [-0.25, -0.2) is 4.68 Å². The third kappa shape index (κ3) is 2.60. The Morgan fingerprint density at radius 1 is 1.38 bits per heavy atom. The van der Waals surface area contributed by atoms with Crippen LogP contribution in [0.15, 0.2) is 12.3 Å². The maximum absolute atomic E-state index is 11.5. The zero-order chi connectivity index (χ0) is 15.4. The molecule has 0 saturated carbocycles. The zero-order valence-corrected chi connectivity index (χ0v) is 12.2. The summed E-state index contributed by atoms with van der Waals surface area (Å²) in [5, 5.41) is 24.3. The summed E-state index contributed by atoms with van der Waals surface area (Å²) < 4.78 is 1.41. The van der Waals surface area contributed by atoms with Crippen LogP contribution in [0.4, 0.5) is 0 Å². The second kappa shape index (κ2) is 6.13. The van der Waals surface area contributed by atoms with Gasteiger partial charge < -0.3 is 5.32 Å². The van der Waals surface area contributed by atoms with E-state index in [9.17, 15) is 10.1 Å². The molecule has 0 aliphatic carbocycles. The van der Waals surface area contributed by atoms with E-state index in [4.69, 9.17) is 0 Å². The van der Waals surface area contributed by atoms with Gasteiger partial charge in [-0.05, 0) is 24.5 Å². The normalized spacial score (nSPS) is 10.2. The Morgan fingerprint density at radius 3 is 2.71 bits per heavy atom. The minimum absolute atomic E-state index is 0.265. The standard InChI is InChI=1S/C14H16N6O/c1-4-9-10(8-15)13(18-17-11(9)5-2)20-7-6-12(19-20)14(21)16-3/h6-7H,4-5H2,1-3H3,(H,16,21). The van der Waals surface area contributed by atoms with Crippen molar-refractivity contribution < 1.29 is 4.79 Å². The maximum Gasteiger partial charge on any atom is 0.271 e. The Labute approximate surface area is 122 Å². The number of aromatic nitrogens is 4. The van der Waals surface area contributed by atoms with Crippen LogP contribution in [0.1, 0.15) is 41.2 Å². The summed E-state index contributed by atoms with van der Waals surface area (Å²) in [6.07, 6.45) is 3.01. The number of carbonyl (C=O) groups excluding carboxylic acids is 1. The third-order valence-electron chi connectivity index (χ3n) is 3.21. The molecule has 2 aromatic rings. The molecule has 0 aliphatic rings. The molecule has 2 aromatic heterocycles. The molecule has 1 N–H and O–H groups in total. The van der Waals surface area contributed by atoms with Gasteiger partial charge in [-0.2, -0.15) is 15.5 Å². The molecule has 7 nitrogen and oxygen atoms in total. The molecule has 1 amide bonds. The van der Waals surface area contributed by atoms with E-state index in [0.29, 0.717) is 24.2 Å². The molecule has 0 saturated heterocycles. The Hall–Kier alpha value is -2.75. The summed E-state index contributed by atoms with van der Waals surface area (Å²) in [4.78, 5) is 11.5. The number of amides is 1. The summed E-state index contributed by atoms with van der Waals surface area (Å²) in [7, 11) is 1.53. The molecule has 0 unspecified atom stereocenters. The fraction of sp³-hybridized carbons (Fsp3) is 0.357. The van der Waals surface area contributed by atoms with Gasteiger partial charge >= 0.3 is 0 Å². The lowest BCUT2D eigenvalue weighted by molar-refractivity contribution is 0.0957. The number of rotatable bonds is 4.